The van der Waals surface area contributed by atoms with Gasteiger partial charge < -0.3 is 15.4 Å². The van der Waals surface area contributed by atoms with E-state index in [2.05, 4.69) is 20.6 Å². The molecule has 29 heavy (non-hydrogen) atoms. The van der Waals surface area contributed by atoms with Gasteiger partial charge in [-0.2, -0.15) is 0 Å². The van der Waals surface area contributed by atoms with E-state index in [1.54, 1.807) is 25.1 Å². The largest absolute Gasteiger partial charge is 0.465 e. The van der Waals surface area contributed by atoms with Crippen LogP contribution in [0.4, 0.5) is 26.1 Å². The van der Waals surface area contributed by atoms with Crippen LogP contribution >= 0.6 is 0 Å². The van der Waals surface area contributed by atoms with Gasteiger partial charge in [-0.15, -0.1) is 0 Å². The van der Waals surface area contributed by atoms with Crippen molar-refractivity contribution in [1.29, 1.82) is 0 Å². The quantitative estimate of drug-likeness (QED) is 0.635. The van der Waals surface area contributed by atoms with E-state index in [-0.39, 0.29) is 28.6 Å². The van der Waals surface area contributed by atoms with E-state index in [1.807, 2.05) is 0 Å². The molecule has 0 atom stereocenters. The third-order valence-electron chi connectivity index (χ3n) is 3.85. The number of hydrogen-bond acceptors (Lipinski definition) is 6. The van der Waals surface area contributed by atoms with Crippen molar-refractivity contribution in [2.75, 3.05) is 17.7 Å². The van der Waals surface area contributed by atoms with Crippen LogP contribution < -0.4 is 10.6 Å². The second-order valence-electron chi connectivity index (χ2n) is 5.96. The van der Waals surface area contributed by atoms with Crippen molar-refractivity contribution in [2.24, 2.45) is 0 Å². The molecule has 2 N–H and O–H groups in total. The topological polar surface area (TPSA) is 93.2 Å². The molecule has 7 nitrogen and oxygen atoms in total. The van der Waals surface area contributed by atoms with Crippen LogP contribution in [0.1, 0.15) is 26.5 Å². The molecule has 0 spiro atoms. The highest BCUT2D eigenvalue weighted by Gasteiger charge is 2.16. The molecule has 3 rings (SSSR count). The number of nitrogens with one attached hydrogen (secondary N) is 2. The molecule has 9 heteroatoms. The number of benzene rings is 2. The number of para-hydroxylation sites is 1. The molecule has 1 heterocycles. The predicted octanol–water partition coefficient (Wildman–Crippen LogP) is 3.85. The molecule has 0 aliphatic heterocycles. The Balaban J connectivity index is 1.86. The SMILES string of the molecule is COC(=O)c1ccccc1NC(=O)c1cc(C)nc(Nc2ccc(F)cc2F)n1. The van der Waals surface area contributed by atoms with Crippen LogP contribution in [-0.2, 0) is 4.74 Å². The predicted molar refractivity (Wildman–Crippen MR) is 102 cm³/mol. The lowest BCUT2D eigenvalue weighted by atomic mass is 10.1. The first kappa shape index (κ1) is 19.9. The van der Waals surface area contributed by atoms with E-state index in [0.29, 0.717) is 5.69 Å². The van der Waals surface area contributed by atoms with Gasteiger partial charge in [-0.1, -0.05) is 12.1 Å². The summed E-state index contributed by atoms with van der Waals surface area (Å²) in [7, 11) is 1.24. The molecule has 3 aromatic rings. The van der Waals surface area contributed by atoms with Crippen LogP contribution in [0, 0.1) is 18.6 Å². The van der Waals surface area contributed by atoms with Crippen LogP contribution in [0.15, 0.2) is 48.5 Å². The molecule has 0 aliphatic rings. The van der Waals surface area contributed by atoms with Crippen molar-refractivity contribution in [2.45, 2.75) is 6.92 Å². The Labute approximate surface area is 164 Å². The summed E-state index contributed by atoms with van der Waals surface area (Å²) >= 11 is 0. The monoisotopic (exact) mass is 398 g/mol. The molecule has 0 saturated carbocycles. The third-order valence-corrected chi connectivity index (χ3v) is 3.85. The summed E-state index contributed by atoms with van der Waals surface area (Å²) < 4.78 is 31.6. The van der Waals surface area contributed by atoms with Gasteiger partial charge in [0.15, 0.2) is 0 Å². The first-order chi connectivity index (χ1) is 13.9. The molecule has 0 bridgehead atoms. The second kappa shape index (κ2) is 8.42. The fraction of sp³-hybridized carbons (Fsp3) is 0.100. The molecule has 0 radical (unpaired) electrons. The highest BCUT2D eigenvalue weighted by Crippen LogP contribution is 2.20. The van der Waals surface area contributed by atoms with E-state index in [1.165, 1.54) is 25.3 Å². The molecule has 1 amide bonds. The first-order valence-corrected chi connectivity index (χ1v) is 8.44. The van der Waals surface area contributed by atoms with Crippen LogP contribution in [-0.4, -0.2) is 29.0 Å². The summed E-state index contributed by atoms with van der Waals surface area (Å²) in [6.45, 7) is 1.63. The van der Waals surface area contributed by atoms with E-state index >= 15 is 0 Å². The minimum atomic E-state index is -0.826. The van der Waals surface area contributed by atoms with E-state index in [4.69, 9.17) is 4.74 Å². The van der Waals surface area contributed by atoms with Crippen LogP contribution in [0.3, 0.4) is 0 Å². The number of nitrogens with zero attached hydrogens (tertiary/aromatic N) is 2. The van der Waals surface area contributed by atoms with Gasteiger partial charge in [0.25, 0.3) is 5.91 Å². The Bertz CT molecular complexity index is 1090. The number of methoxy groups -OCH3 is 1. The average molecular weight is 398 g/mol. The maximum Gasteiger partial charge on any atom is 0.339 e. The fourth-order valence-corrected chi connectivity index (χ4v) is 2.52. The Kier molecular flexibility index (Phi) is 5.77. The molecule has 148 valence electrons. The standard InChI is InChI=1S/C20H16F2N4O3/c1-11-9-17(18(27)24-15-6-4-3-5-13(15)19(28)29-2)26-20(23-11)25-16-8-7-12(21)10-14(16)22/h3-10H,1-2H3,(H,24,27)(H,23,25,26). The Morgan fingerprint density at radius 1 is 1.00 bits per heavy atom. The Morgan fingerprint density at radius 2 is 1.76 bits per heavy atom. The van der Waals surface area contributed by atoms with Crippen molar-refractivity contribution in [3.8, 4) is 0 Å². The summed E-state index contributed by atoms with van der Waals surface area (Å²) in [6.07, 6.45) is 0. The number of carbonyl (C=O) groups excluding carboxylic acids is 2. The molecule has 0 saturated heterocycles. The second-order valence-corrected chi connectivity index (χ2v) is 5.96. The zero-order valence-corrected chi connectivity index (χ0v) is 15.5. The van der Waals surface area contributed by atoms with Gasteiger partial charge in [-0.3, -0.25) is 4.79 Å². The van der Waals surface area contributed by atoms with E-state index < -0.39 is 23.5 Å². The molecule has 0 fully saturated rings. The molecular weight excluding hydrogens is 382 g/mol. The summed E-state index contributed by atoms with van der Waals surface area (Å²) in [5.74, 6) is -2.79. The number of halogens is 2. The number of aromatic nitrogens is 2. The minimum Gasteiger partial charge on any atom is -0.465 e. The highest BCUT2D eigenvalue weighted by atomic mass is 19.1. The van der Waals surface area contributed by atoms with E-state index in [0.717, 1.165) is 12.1 Å². The number of esters is 1. The maximum absolute atomic E-state index is 13.9. The van der Waals surface area contributed by atoms with Crippen LogP contribution in [0.2, 0.25) is 0 Å². The number of anilines is 3. The fourth-order valence-electron chi connectivity index (χ4n) is 2.52. The molecule has 2 aromatic carbocycles. The van der Waals surface area contributed by atoms with Gasteiger partial charge in [-0.05, 0) is 37.3 Å². The van der Waals surface area contributed by atoms with Crippen LogP contribution in [0.25, 0.3) is 0 Å². The van der Waals surface area contributed by atoms with Crippen molar-refractivity contribution in [3.05, 3.63) is 77.1 Å². The Morgan fingerprint density at radius 3 is 2.48 bits per heavy atom. The normalized spacial score (nSPS) is 10.3. The molecule has 0 unspecified atom stereocenters. The van der Waals surface area contributed by atoms with Crippen molar-refractivity contribution in [3.63, 3.8) is 0 Å². The van der Waals surface area contributed by atoms with Gasteiger partial charge in [0.05, 0.1) is 24.0 Å². The lowest BCUT2D eigenvalue weighted by Crippen LogP contribution is -2.18. The van der Waals surface area contributed by atoms with Gasteiger partial charge in [0, 0.05) is 11.8 Å². The number of rotatable bonds is 5. The zero-order valence-electron chi connectivity index (χ0n) is 15.5. The third kappa shape index (κ3) is 4.70. The summed E-state index contributed by atoms with van der Waals surface area (Å²) in [5.41, 5.74) is 0.818. The molecule has 1 aromatic heterocycles. The summed E-state index contributed by atoms with van der Waals surface area (Å²) in [5, 5.41) is 5.22. The number of carbonyl (C=O) groups is 2. The number of ether oxygens (including phenoxy) is 1. The van der Waals surface area contributed by atoms with Crippen LogP contribution in [0.5, 0.6) is 0 Å². The van der Waals surface area contributed by atoms with E-state index in [9.17, 15) is 18.4 Å². The lowest BCUT2D eigenvalue weighted by Gasteiger charge is -2.11. The Hall–Kier alpha value is -3.88. The van der Waals surface area contributed by atoms with Gasteiger partial charge in [-0.25, -0.2) is 23.5 Å². The lowest BCUT2D eigenvalue weighted by molar-refractivity contribution is 0.0602. The zero-order chi connectivity index (χ0) is 21.0. The molecule has 0 aliphatic carbocycles. The summed E-state index contributed by atoms with van der Waals surface area (Å²) in [4.78, 5) is 32.7. The average Bonchev–Trinajstić information content (AvgIpc) is 2.69. The highest BCUT2D eigenvalue weighted by molar-refractivity contribution is 6.07. The molecular formula is C20H16F2N4O3. The summed E-state index contributed by atoms with van der Waals surface area (Å²) in [6, 6.07) is 10.8. The maximum atomic E-state index is 13.9. The minimum absolute atomic E-state index is 0.0119. The number of aryl methyl sites for hydroxylation is 1. The smallest absolute Gasteiger partial charge is 0.339 e. The van der Waals surface area contributed by atoms with Crippen molar-refractivity contribution >= 4 is 29.2 Å². The van der Waals surface area contributed by atoms with Gasteiger partial charge in [0.1, 0.15) is 17.3 Å². The number of hydrogen-bond donors (Lipinski definition) is 2. The first-order valence-electron chi connectivity index (χ1n) is 8.44. The number of amides is 1. The van der Waals surface area contributed by atoms with Gasteiger partial charge in [0.2, 0.25) is 5.95 Å². The van der Waals surface area contributed by atoms with Crippen molar-refractivity contribution in [1.82, 2.24) is 9.97 Å². The van der Waals surface area contributed by atoms with Gasteiger partial charge >= 0.3 is 5.97 Å². The van der Waals surface area contributed by atoms with Crippen molar-refractivity contribution < 1.29 is 23.1 Å².